The van der Waals surface area contributed by atoms with Crippen LogP contribution in [0.15, 0.2) is 36.4 Å². The lowest BCUT2D eigenvalue weighted by molar-refractivity contribution is 0.0996. The Morgan fingerprint density at radius 3 is 2.27 bits per heavy atom. The van der Waals surface area contributed by atoms with E-state index >= 15 is 0 Å². The third kappa shape index (κ3) is 3.82. The molecule has 1 saturated heterocycles. The molecule has 1 fully saturated rings. The molecule has 0 atom stereocenters. The van der Waals surface area contributed by atoms with E-state index in [0.717, 1.165) is 50.2 Å². The normalized spacial score (nSPS) is 14.2. The van der Waals surface area contributed by atoms with Crippen LogP contribution in [-0.4, -0.2) is 24.9 Å². The Hall–Kier alpha value is -2.96. The van der Waals surface area contributed by atoms with E-state index in [4.69, 9.17) is 5.73 Å². The van der Waals surface area contributed by atoms with Crippen molar-refractivity contribution in [2.24, 2.45) is 5.73 Å². The van der Waals surface area contributed by atoms with Crippen LogP contribution < -0.4 is 16.0 Å². The van der Waals surface area contributed by atoms with Gasteiger partial charge in [0.2, 0.25) is 5.91 Å². The van der Waals surface area contributed by atoms with Crippen molar-refractivity contribution in [3.05, 3.63) is 59.2 Å². The third-order valence-electron chi connectivity index (χ3n) is 4.41. The summed E-state index contributed by atoms with van der Waals surface area (Å²) < 4.78 is 26.5. The largest absolute Gasteiger partial charge is 0.370 e. The van der Waals surface area contributed by atoms with Gasteiger partial charge < -0.3 is 16.0 Å². The van der Waals surface area contributed by atoms with Crippen LogP contribution >= 0.6 is 0 Å². The van der Waals surface area contributed by atoms with Crippen LogP contribution in [0.3, 0.4) is 0 Å². The van der Waals surface area contributed by atoms with E-state index in [0.29, 0.717) is 5.69 Å². The van der Waals surface area contributed by atoms with Crippen LogP contribution in [0.5, 0.6) is 0 Å². The topological polar surface area (TPSA) is 75.4 Å². The Balaban J connectivity index is 1.92. The molecule has 0 unspecified atom stereocenters. The lowest BCUT2D eigenvalue weighted by Gasteiger charge is -2.30. The number of nitrogens with two attached hydrogens (primary N) is 1. The highest BCUT2D eigenvalue weighted by Crippen LogP contribution is 2.30. The molecule has 2 aromatic carbocycles. The molecule has 136 valence electrons. The molecule has 0 aromatic heterocycles. The monoisotopic (exact) mass is 359 g/mol. The molecule has 0 aliphatic carbocycles. The summed E-state index contributed by atoms with van der Waals surface area (Å²) in [6.45, 7) is 1.67. The minimum absolute atomic E-state index is 0.0158. The summed E-state index contributed by atoms with van der Waals surface area (Å²) in [5, 5.41) is 2.69. The van der Waals surface area contributed by atoms with Crippen LogP contribution in [0.2, 0.25) is 0 Å². The standard InChI is InChI=1S/C19H19F2N3O2/c20-14-6-4-13(10-15(14)21)19(26)23-16-11-12(18(22)25)5-7-17(16)24-8-2-1-3-9-24/h4-7,10-11H,1-3,8-9H2,(H2,22,25)(H,23,26). The number of rotatable bonds is 4. The average molecular weight is 359 g/mol. The fraction of sp³-hybridized carbons (Fsp3) is 0.263. The minimum atomic E-state index is -1.10. The van der Waals surface area contributed by atoms with Gasteiger partial charge in [-0.2, -0.15) is 0 Å². The van der Waals surface area contributed by atoms with Crippen molar-refractivity contribution in [2.45, 2.75) is 19.3 Å². The number of anilines is 2. The van der Waals surface area contributed by atoms with Gasteiger partial charge in [0.25, 0.3) is 5.91 Å². The number of halogens is 2. The van der Waals surface area contributed by atoms with Gasteiger partial charge in [-0.05, 0) is 55.7 Å². The maximum absolute atomic E-state index is 13.4. The first-order chi connectivity index (χ1) is 12.5. The van der Waals surface area contributed by atoms with Gasteiger partial charge in [-0.1, -0.05) is 0 Å². The number of primary amides is 1. The number of nitrogens with zero attached hydrogens (tertiary/aromatic N) is 1. The number of carbonyl (C=O) groups excluding carboxylic acids is 2. The molecule has 2 amide bonds. The smallest absolute Gasteiger partial charge is 0.255 e. The molecule has 5 nitrogen and oxygen atoms in total. The van der Waals surface area contributed by atoms with E-state index in [1.807, 2.05) is 0 Å². The number of amides is 2. The molecule has 0 radical (unpaired) electrons. The maximum Gasteiger partial charge on any atom is 0.255 e. The fourth-order valence-electron chi connectivity index (χ4n) is 3.03. The molecule has 3 rings (SSSR count). The molecule has 1 heterocycles. The van der Waals surface area contributed by atoms with Crippen LogP contribution in [0, 0.1) is 11.6 Å². The molecule has 26 heavy (non-hydrogen) atoms. The Morgan fingerprint density at radius 1 is 0.923 bits per heavy atom. The van der Waals surface area contributed by atoms with Gasteiger partial charge in [0, 0.05) is 24.2 Å². The zero-order valence-corrected chi connectivity index (χ0v) is 14.1. The predicted molar refractivity (Wildman–Crippen MR) is 95.3 cm³/mol. The van der Waals surface area contributed by atoms with Gasteiger partial charge >= 0.3 is 0 Å². The van der Waals surface area contributed by atoms with Crippen molar-refractivity contribution in [2.75, 3.05) is 23.3 Å². The number of benzene rings is 2. The summed E-state index contributed by atoms with van der Waals surface area (Å²) in [7, 11) is 0. The van der Waals surface area contributed by atoms with Gasteiger partial charge in [-0.25, -0.2) is 8.78 Å². The molecule has 0 saturated carbocycles. The molecule has 0 spiro atoms. The minimum Gasteiger partial charge on any atom is -0.370 e. The molecular weight excluding hydrogens is 340 g/mol. The Bertz CT molecular complexity index is 849. The lowest BCUT2D eigenvalue weighted by Crippen LogP contribution is -2.30. The molecule has 1 aliphatic rings. The molecule has 0 bridgehead atoms. The van der Waals surface area contributed by atoms with Crippen molar-refractivity contribution < 1.29 is 18.4 Å². The van der Waals surface area contributed by atoms with Gasteiger partial charge in [0.15, 0.2) is 11.6 Å². The Morgan fingerprint density at radius 2 is 1.62 bits per heavy atom. The summed E-state index contributed by atoms with van der Waals surface area (Å²) in [6, 6.07) is 7.79. The zero-order valence-electron chi connectivity index (χ0n) is 14.1. The number of nitrogens with one attached hydrogen (secondary N) is 1. The highest BCUT2D eigenvalue weighted by molar-refractivity contribution is 6.07. The summed E-state index contributed by atoms with van der Waals surface area (Å²) in [5.41, 5.74) is 6.76. The van der Waals surface area contributed by atoms with E-state index in [1.165, 1.54) is 12.1 Å². The van der Waals surface area contributed by atoms with Gasteiger partial charge in [0.1, 0.15) is 0 Å². The highest BCUT2D eigenvalue weighted by atomic mass is 19.2. The van der Waals surface area contributed by atoms with Gasteiger partial charge in [-0.3, -0.25) is 9.59 Å². The third-order valence-corrected chi connectivity index (χ3v) is 4.41. The van der Waals surface area contributed by atoms with Crippen LogP contribution in [0.1, 0.15) is 40.0 Å². The van der Waals surface area contributed by atoms with Gasteiger partial charge in [-0.15, -0.1) is 0 Å². The fourth-order valence-corrected chi connectivity index (χ4v) is 3.03. The van der Waals surface area contributed by atoms with Crippen LogP contribution in [-0.2, 0) is 0 Å². The molecule has 7 heteroatoms. The van der Waals surface area contributed by atoms with E-state index in [2.05, 4.69) is 10.2 Å². The molecule has 1 aliphatic heterocycles. The Labute approximate surface area is 149 Å². The summed E-state index contributed by atoms with van der Waals surface area (Å²) in [5.74, 6) is -3.33. The van der Waals surface area contributed by atoms with Crippen LogP contribution in [0.25, 0.3) is 0 Å². The first kappa shape index (κ1) is 17.8. The summed E-state index contributed by atoms with van der Waals surface area (Å²) in [6.07, 6.45) is 3.22. The maximum atomic E-state index is 13.4. The van der Waals surface area contributed by atoms with E-state index in [-0.39, 0.29) is 11.1 Å². The second kappa shape index (κ2) is 7.51. The van der Waals surface area contributed by atoms with Crippen molar-refractivity contribution in [3.63, 3.8) is 0 Å². The Kier molecular flexibility index (Phi) is 5.16. The van der Waals surface area contributed by atoms with E-state index < -0.39 is 23.4 Å². The molecular formula is C19H19F2N3O2. The van der Waals surface area contributed by atoms with E-state index in [9.17, 15) is 18.4 Å². The lowest BCUT2D eigenvalue weighted by atomic mass is 10.1. The number of carbonyl (C=O) groups is 2. The summed E-state index contributed by atoms with van der Waals surface area (Å²) in [4.78, 5) is 26.1. The second-order valence-electron chi connectivity index (χ2n) is 6.23. The van der Waals surface area contributed by atoms with Crippen molar-refractivity contribution in [1.29, 1.82) is 0 Å². The van der Waals surface area contributed by atoms with Crippen molar-refractivity contribution in [1.82, 2.24) is 0 Å². The predicted octanol–water partition coefficient (Wildman–Crippen LogP) is 3.31. The second-order valence-corrected chi connectivity index (χ2v) is 6.23. The SMILES string of the molecule is NC(=O)c1ccc(N2CCCCC2)c(NC(=O)c2ccc(F)c(F)c2)c1. The number of piperidine rings is 1. The highest BCUT2D eigenvalue weighted by Gasteiger charge is 2.18. The zero-order chi connectivity index (χ0) is 18.7. The molecule has 3 N–H and O–H groups in total. The first-order valence-corrected chi connectivity index (χ1v) is 8.41. The quantitative estimate of drug-likeness (QED) is 0.879. The van der Waals surface area contributed by atoms with Crippen LogP contribution in [0.4, 0.5) is 20.2 Å². The summed E-state index contributed by atoms with van der Waals surface area (Å²) >= 11 is 0. The number of hydrogen-bond acceptors (Lipinski definition) is 3. The van der Waals surface area contributed by atoms with E-state index in [1.54, 1.807) is 12.1 Å². The number of hydrogen-bond donors (Lipinski definition) is 2. The first-order valence-electron chi connectivity index (χ1n) is 8.41. The van der Waals surface area contributed by atoms with Crippen molar-refractivity contribution >= 4 is 23.2 Å². The molecule has 2 aromatic rings. The van der Waals surface area contributed by atoms with Crippen molar-refractivity contribution in [3.8, 4) is 0 Å². The average Bonchev–Trinajstić information content (AvgIpc) is 2.64. The van der Waals surface area contributed by atoms with Gasteiger partial charge in [0.05, 0.1) is 11.4 Å².